The van der Waals surface area contributed by atoms with Gasteiger partial charge < -0.3 is 14.6 Å². The number of halogens is 3. The van der Waals surface area contributed by atoms with Crippen molar-refractivity contribution >= 4 is 77.9 Å². The van der Waals surface area contributed by atoms with Gasteiger partial charge in [-0.15, -0.1) is 0 Å². The third kappa shape index (κ3) is 16.5. The first-order valence-corrected chi connectivity index (χ1v) is 20.8. The van der Waals surface area contributed by atoms with Crippen molar-refractivity contribution in [1.29, 1.82) is 0 Å². The fourth-order valence-corrected chi connectivity index (χ4v) is 8.05. The van der Waals surface area contributed by atoms with Crippen LogP contribution < -0.4 is 9.47 Å². The van der Waals surface area contributed by atoms with Crippen LogP contribution in [-0.4, -0.2) is 31.8 Å². The number of hydrogen-bond acceptors (Lipinski definition) is 6. The summed E-state index contributed by atoms with van der Waals surface area (Å²) in [6.07, 6.45) is 1.48. The van der Waals surface area contributed by atoms with Crippen LogP contribution in [0.4, 0.5) is 0 Å². The summed E-state index contributed by atoms with van der Waals surface area (Å²) in [4.78, 5) is 0.221. The van der Waals surface area contributed by atoms with Crippen molar-refractivity contribution in [3.05, 3.63) is 112 Å². The van der Waals surface area contributed by atoms with Gasteiger partial charge in [0.1, 0.15) is 17.2 Å². The molecule has 0 fully saturated rings. The number of rotatable bonds is 11. The predicted octanol–water partition coefficient (Wildman–Crippen LogP) is 11.6. The van der Waals surface area contributed by atoms with Crippen LogP contribution in [0.2, 0.25) is 0 Å². The van der Waals surface area contributed by atoms with Gasteiger partial charge >= 0.3 is 0 Å². The first kappa shape index (κ1) is 43.5. The molecule has 0 aliphatic carbocycles. The molecule has 6 nitrogen and oxygen atoms in total. The highest BCUT2D eigenvalue weighted by Crippen LogP contribution is 2.26. The molecule has 49 heavy (non-hydrogen) atoms. The summed E-state index contributed by atoms with van der Waals surface area (Å²) in [5, 5.41) is 9.04. The number of aromatic hydroxyl groups is 1. The summed E-state index contributed by atoms with van der Waals surface area (Å²) in [5.74, 6) is 2.67. The molecule has 0 aromatic heterocycles. The second-order valence-electron chi connectivity index (χ2n) is 12.7. The summed E-state index contributed by atoms with van der Waals surface area (Å²) in [5.41, 5.74) is 4.71. The highest BCUT2D eigenvalue weighted by Gasteiger charge is 2.19. The predicted molar refractivity (Wildman–Crippen MR) is 227 cm³/mol. The molecule has 0 radical (unpaired) electrons. The maximum atomic E-state index is 11.9. The van der Waals surface area contributed by atoms with Gasteiger partial charge in [0.05, 0.1) is 33.9 Å². The van der Waals surface area contributed by atoms with E-state index in [4.69, 9.17) is 18.8 Å². The minimum absolute atomic E-state index is 0.101. The van der Waals surface area contributed by atoms with E-state index in [2.05, 4.69) is 120 Å². The second-order valence-corrected chi connectivity index (χ2v) is 17.8. The lowest BCUT2D eigenvalue weighted by Gasteiger charge is -2.21. The number of aryl methyl sites for hydroxylation is 4. The number of phenolic OH excluding ortho intramolecular Hbond substituents is 1. The van der Waals surface area contributed by atoms with E-state index in [1.54, 1.807) is 37.3 Å². The minimum atomic E-state index is -3.62. The average Bonchev–Trinajstić information content (AvgIpc) is 2.98. The van der Waals surface area contributed by atoms with Crippen LogP contribution in [0.5, 0.6) is 17.2 Å². The normalized spacial score (nSPS) is 12.9. The van der Waals surface area contributed by atoms with Crippen molar-refractivity contribution in [2.24, 2.45) is 5.92 Å². The first-order chi connectivity index (χ1) is 22.9. The van der Waals surface area contributed by atoms with E-state index >= 15 is 0 Å². The van der Waals surface area contributed by atoms with Gasteiger partial charge in [-0.3, -0.25) is 4.18 Å². The molecular formula is C39H49I3O6S. The molecule has 4 aromatic rings. The van der Waals surface area contributed by atoms with E-state index in [0.717, 1.165) is 40.6 Å². The third-order valence-electron chi connectivity index (χ3n) is 7.00. The quantitative estimate of drug-likeness (QED) is 0.119. The van der Waals surface area contributed by atoms with E-state index in [-0.39, 0.29) is 23.2 Å². The SMILES string of the molecule is Cc1ccc(O)c(I)c1.Cc1ccc(O[C@H](C)C[C@H](C)Oc2ccc(C)cc2I)c(I)c1.Cc1ccc(S(=O)(=O)O[C@@H](C)CC(C)C)cc1. The largest absolute Gasteiger partial charge is 0.507 e. The van der Waals surface area contributed by atoms with Gasteiger partial charge in [0.15, 0.2) is 0 Å². The van der Waals surface area contributed by atoms with Crippen LogP contribution in [-0.2, 0) is 14.3 Å². The van der Waals surface area contributed by atoms with Crippen LogP contribution in [0.15, 0.2) is 83.8 Å². The standard InChI is InChI=1S/C19H22I2O2.C13H20O3S.C7H7IO/c1-12-5-7-18(16(20)9-12)22-14(3)11-15(4)23-19-8-6-13(2)10-17(19)21;1-10(2)9-12(4)16-17(14,15)13-7-5-11(3)6-8-13;1-5-2-3-7(9)6(8)4-5/h5-10,14-15H,11H2,1-4H3;5-8,10,12H,9H2,1-4H3;2-4,9H,1H3/t14-,15+;12-;/m.0./s1. The number of ether oxygens (including phenoxy) is 2. The zero-order valence-corrected chi connectivity index (χ0v) is 37.0. The molecule has 0 spiro atoms. The first-order valence-electron chi connectivity index (χ1n) is 16.2. The zero-order valence-electron chi connectivity index (χ0n) is 29.8. The molecule has 10 heteroatoms. The van der Waals surface area contributed by atoms with Gasteiger partial charge in [0.25, 0.3) is 10.1 Å². The lowest BCUT2D eigenvalue weighted by atomic mass is 10.1. The van der Waals surface area contributed by atoms with E-state index in [0.29, 0.717) is 11.7 Å². The van der Waals surface area contributed by atoms with Crippen molar-refractivity contribution in [2.75, 3.05) is 0 Å². The van der Waals surface area contributed by atoms with Crippen molar-refractivity contribution in [3.63, 3.8) is 0 Å². The molecule has 0 unspecified atom stereocenters. The lowest BCUT2D eigenvalue weighted by molar-refractivity contribution is 0.129. The maximum absolute atomic E-state index is 11.9. The minimum Gasteiger partial charge on any atom is -0.507 e. The Morgan fingerprint density at radius 3 is 1.37 bits per heavy atom. The number of benzene rings is 4. The molecule has 0 saturated carbocycles. The van der Waals surface area contributed by atoms with Crippen LogP contribution in [0.25, 0.3) is 0 Å². The summed E-state index contributed by atoms with van der Waals surface area (Å²) in [7, 11) is -3.62. The van der Waals surface area contributed by atoms with Gasteiger partial charge in [-0.25, -0.2) is 0 Å². The smallest absolute Gasteiger partial charge is 0.297 e. The Hall–Kier alpha value is -1.62. The summed E-state index contributed by atoms with van der Waals surface area (Å²) in [6, 6.07) is 24.7. The Labute approximate surface area is 335 Å². The maximum Gasteiger partial charge on any atom is 0.297 e. The molecule has 0 aliphatic heterocycles. The molecule has 1 N–H and O–H groups in total. The molecule has 0 bridgehead atoms. The Kier molecular flexibility index (Phi) is 18.7. The molecule has 4 aromatic carbocycles. The van der Waals surface area contributed by atoms with E-state index in [1.165, 1.54) is 16.7 Å². The Bertz CT molecular complexity index is 1670. The van der Waals surface area contributed by atoms with E-state index in [9.17, 15) is 8.42 Å². The van der Waals surface area contributed by atoms with Crippen molar-refractivity contribution in [3.8, 4) is 17.2 Å². The molecular weight excluding hydrogens is 977 g/mol. The Morgan fingerprint density at radius 1 is 0.571 bits per heavy atom. The fourth-order valence-electron chi connectivity index (χ4n) is 4.69. The summed E-state index contributed by atoms with van der Waals surface area (Å²) < 4.78 is 44.3. The summed E-state index contributed by atoms with van der Waals surface area (Å²) in [6.45, 7) is 18.2. The molecule has 0 heterocycles. The van der Waals surface area contributed by atoms with Crippen LogP contribution >= 0.6 is 67.8 Å². The van der Waals surface area contributed by atoms with Crippen molar-refractivity contribution < 1.29 is 27.2 Å². The number of phenols is 1. The monoisotopic (exact) mass is 1030 g/mol. The molecule has 0 aliphatic rings. The Morgan fingerprint density at radius 2 is 0.980 bits per heavy atom. The van der Waals surface area contributed by atoms with Crippen molar-refractivity contribution in [1.82, 2.24) is 0 Å². The molecule has 3 atom stereocenters. The molecule has 0 amide bonds. The third-order valence-corrected chi connectivity index (χ3v) is 11.0. The fraction of sp³-hybridized carbons (Fsp3) is 0.385. The van der Waals surface area contributed by atoms with E-state index < -0.39 is 10.1 Å². The van der Waals surface area contributed by atoms with Crippen LogP contribution in [0.3, 0.4) is 0 Å². The average molecular weight is 1030 g/mol. The van der Waals surface area contributed by atoms with Crippen molar-refractivity contribution in [2.45, 2.75) is 98.4 Å². The highest BCUT2D eigenvalue weighted by atomic mass is 127. The lowest BCUT2D eigenvalue weighted by Crippen LogP contribution is -2.23. The zero-order chi connectivity index (χ0) is 36.9. The van der Waals surface area contributed by atoms with Gasteiger partial charge in [-0.1, -0.05) is 49.7 Å². The topological polar surface area (TPSA) is 82.1 Å². The van der Waals surface area contributed by atoms with Gasteiger partial charge in [0, 0.05) is 6.42 Å². The Balaban J connectivity index is 0.000000280. The molecule has 0 saturated heterocycles. The van der Waals surface area contributed by atoms with Crippen LogP contribution in [0, 0.1) is 44.3 Å². The van der Waals surface area contributed by atoms with Crippen LogP contribution in [0.1, 0.15) is 69.7 Å². The second kappa shape index (κ2) is 21.0. The van der Waals surface area contributed by atoms with Gasteiger partial charge in [-0.05, 0) is 194 Å². The van der Waals surface area contributed by atoms with Gasteiger partial charge in [0.2, 0.25) is 0 Å². The highest BCUT2D eigenvalue weighted by molar-refractivity contribution is 14.1. The van der Waals surface area contributed by atoms with Gasteiger partial charge in [-0.2, -0.15) is 8.42 Å². The number of hydrogen-bond donors (Lipinski definition) is 1. The summed E-state index contributed by atoms with van der Waals surface area (Å²) >= 11 is 6.74. The molecule has 268 valence electrons. The van der Waals surface area contributed by atoms with E-state index in [1.807, 2.05) is 52.0 Å². The molecule has 4 rings (SSSR count).